The van der Waals surface area contributed by atoms with Crippen LogP contribution < -0.4 is 22.1 Å². The van der Waals surface area contributed by atoms with Gasteiger partial charge in [-0.1, -0.05) is 18.9 Å². The number of nitriles is 1. The Bertz CT molecular complexity index is 1140. The van der Waals surface area contributed by atoms with Crippen molar-refractivity contribution in [3.8, 4) is 6.07 Å². The Kier molecular flexibility index (Phi) is 5.46. The lowest BCUT2D eigenvalue weighted by Gasteiger charge is -2.30. The summed E-state index contributed by atoms with van der Waals surface area (Å²) in [6, 6.07) is 13.0. The molecule has 2 aromatic heterocycles. The number of amides is 1. The van der Waals surface area contributed by atoms with Crippen LogP contribution in [0, 0.1) is 11.3 Å². The highest BCUT2D eigenvalue weighted by atomic mass is 16.1. The van der Waals surface area contributed by atoms with Gasteiger partial charge in [-0.2, -0.15) is 5.26 Å². The second-order valence-corrected chi connectivity index (χ2v) is 7.49. The monoisotopic (exact) mass is 401 g/mol. The zero-order valence-electron chi connectivity index (χ0n) is 16.4. The number of nitrogens with one attached hydrogen (secondary N) is 2. The quantitative estimate of drug-likeness (QED) is 0.514. The van der Waals surface area contributed by atoms with Gasteiger partial charge in [0.05, 0.1) is 16.6 Å². The highest BCUT2D eigenvalue weighted by Gasteiger charge is 2.24. The molecule has 1 aromatic carbocycles. The Balaban J connectivity index is 1.71. The van der Waals surface area contributed by atoms with E-state index in [1.165, 1.54) is 6.07 Å². The topological polar surface area (TPSA) is 143 Å². The first kappa shape index (κ1) is 19.6. The van der Waals surface area contributed by atoms with E-state index in [1.54, 1.807) is 6.20 Å². The summed E-state index contributed by atoms with van der Waals surface area (Å²) in [5.41, 5.74) is 13.8. The number of aromatic nitrogens is 2. The van der Waals surface area contributed by atoms with Gasteiger partial charge in [-0.15, -0.1) is 0 Å². The van der Waals surface area contributed by atoms with Crippen molar-refractivity contribution in [3.63, 3.8) is 0 Å². The van der Waals surface area contributed by atoms with Crippen LogP contribution in [0.3, 0.4) is 0 Å². The molecule has 0 radical (unpaired) electrons. The van der Waals surface area contributed by atoms with E-state index in [4.69, 9.17) is 11.5 Å². The van der Waals surface area contributed by atoms with E-state index in [0.29, 0.717) is 5.82 Å². The van der Waals surface area contributed by atoms with Gasteiger partial charge in [0.25, 0.3) is 5.91 Å². The van der Waals surface area contributed by atoms with Gasteiger partial charge in [0, 0.05) is 29.4 Å². The van der Waals surface area contributed by atoms with Gasteiger partial charge in [0.1, 0.15) is 17.7 Å². The smallest absolute Gasteiger partial charge is 0.252 e. The van der Waals surface area contributed by atoms with Crippen molar-refractivity contribution in [2.45, 2.75) is 37.8 Å². The Hall–Kier alpha value is -3.70. The van der Waals surface area contributed by atoms with E-state index in [2.05, 4.69) is 26.7 Å². The second-order valence-electron chi connectivity index (χ2n) is 7.49. The number of primary amides is 1. The summed E-state index contributed by atoms with van der Waals surface area (Å²) in [5.74, 6) is 0.0244. The molecule has 1 amide bonds. The maximum Gasteiger partial charge on any atom is 0.252 e. The van der Waals surface area contributed by atoms with Crippen LogP contribution in [-0.2, 0) is 0 Å². The van der Waals surface area contributed by atoms with Gasteiger partial charge >= 0.3 is 0 Å². The number of carbonyl (C=O) groups is 1. The van der Waals surface area contributed by atoms with Crippen molar-refractivity contribution in [2.24, 2.45) is 11.5 Å². The number of anilines is 3. The average Bonchev–Trinajstić information content (AvgIpc) is 2.75. The Morgan fingerprint density at radius 1 is 1.17 bits per heavy atom. The van der Waals surface area contributed by atoms with Crippen molar-refractivity contribution in [1.29, 1.82) is 5.26 Å². The number of hydrogen-bond donors (Lipinski definition) is 4. The summed E-state index contributed by atoms with van der Waals surface area (Å²) >= 11 is 0. The van der Waals surface area contributed by atoms with Crippen LogP contribution in [0.1, 0.15) is 41.6 Å². The largest absolute Gasteiger partial charge is 0.365 e. The van der Waals surface area contributed by atoms with Gasteiger partial charge < -0.3 is 22.1 Å². The van der Waals surface area contributed by atoms with Crippen LogP contribution in [0.15, 0.2) is 42.6 Å². The van der Waals surface area contributed by atoms with E-state index in [0.717, 1.165) is 42.3 Å². The highest BCUT2D eigenvalue weighted by molar-refractivity contribution is 5.99. The minimum absolute atomic E-state index is 0.00712. The number of fused-ring (bicyclic) bond motifs is 1. The third kappa shape index (κ3) is 4.02. The van der Waals surface area contributed by atoms with E-state index in [-0.39, 0.29) is 29.0 Å². The first-order valence-corrected chi connectivity index (χ1v) is 9.94. The van der Waals surface area contributed by atoms with Gasteiger partial charge in [0.15, 0.2) is 0 Å². The van der Waals surface area contributed by atoms with E-state index < -0.39 is 5.91 Å². The summed E-state index contributed by atoms with van der Waals surface area (Å²) in [4.78, 5) is 20.9. The molecule has 1 fully saturated rings. The molecule has 3 aromatic rings. The van der Waals surface area contributed by atoms with Crippen LogP contribution in [0.5, 0.6) is 0 Å². The maximum absolute atomic E-state index is 12.0. The highest BCUT2D eigenvalue weighted by Crippen LogP contribution is 2.28. The molecule has 0 bridgehead atoms. The molecule has 152 valence electrons. The van der Waals surface area contributed by atoms with Gasteiger partial charge in [-0.05, 0) is 43.2 Å². The fourth-order valence-corrected chi connectivity index (χ4v) is 3.80. The molecule has 0 saturated heterocycles. The molecule has 8 nitrogen and oxygen atoms in total. The first-order valence-electron chi connectivity index (χ1n) is 9.94. The Morgan fingerprint density at radius 2 is 2.00 bits per heavy atom. The predicted molar refractivity (Wildman–Crippen MR) is 116 cm³/mol. The maximum atomic E-state index is 12.0. The molecule has 1 aliphatic rings. The molecule has 8 heteroatoms. The molecule has 2 atom stereocenters. The summed E-state index contributed by atoms with van der Waals surface area (Å²) in [6.07, 6.45) is 5.74. The van der Waals surface area contributed by atoms with E-state index in [9.17, 15) is 10.1 Å². The van der Waals surface area contributed by atoms with Crippen LogP contribution in [0.4, 0.5) is 17.3 Å². The lowest BCUT2D eigenvalue weighted by atomic mass is 9.91. The molecule has 6 N–H and O–H groups in total. The third-order valence-corrected chi connectivity index (χ3v) is 5.42. The Labute approximate surface area is 174 Å². The minimum Gasteiger partial charge on any atom is -0.365 e. The molecule has 4 rings (SSSR count). The van der Waals surface area contributed by atoms with Crippen LogP contribution in [-0.4, -0.2) is 28.0 Å². The van der Waals surface area contributed by atoms with Gasteiger partial charge in [-0.25, -0.2) is 4.98 Å². The number of rotatable bonds is 5. The molecule has 1 aliphatic carbocycles. The molecular formula is C22H23N7O. The lowest BCUT2D eigenvalue weighted by molar-refractivity contribution is 0.100. The number of hydrogen-bond acceptors (Lipinski definition) is 7. The average molecular weight is 401 g/mol. The van der Waals surface area contributed by atoms with Crippen LogP contribution in [0.2, 0.25) is 0 Å². The summed E-state index contributed by atoms with van der Waals surface area (Å²) < 4.78 is 0. The summed E-state index contributed by atoms with van der Waals surface area (Å²) in [6.45, 7) is 0. The standard InChI is InChI=1S/C22H23N7O/c23-12-14-11-16(20(25)30)22(29-21(14)28-19-6-2-1-5-17(19)24)27-15-7-8-18-13(10-15)4-3-9-26-18/h3-4,7-11,17,19H,1-2,5-6,24H2,(H2,25,30)(H2,27,28,29). The number of carbonyl (C=O) groups excluding carboxylic acids is 1. The van der Waals surface area contributed by atoms with Crippen molar-refractivity contribution in [2.75, 3.05) is 10.6 Å². The minimum atomic E-state index is -0.662. The summed E-state index contributed by atoms with van der Waals surface area (Å²) in [5, 5.41) is 17.0. The van der Waals surface area contributed by atoms with Crippen LogP contribution in [0.25, 0.3) is 10.9 Å². The third-order valence-electron chi connectivity index (χ3n) is 5.42. The molecular weight excluding hydrogens is 378 g/mol. The van der Waals surface area contributed by atoms with Crippen molar-refractivity contribution < 1.29 is 4.79 Å². The van der Waals surface area contributed by atoms with Crippen molar-refractivity contribution in [1.82, 2.24) is 9.97 Å². The van der Waals surface area contributed by atoms with Crippen molar-refractivity contribution in [3.05, 3.63) is 53.7 Å². The van der Waals surface area contributed by atoms with E-state index in [1.807, 2.05) is 30.3 Å². The number of benzene rings is 1. The second kappa shape index (κ2) is 8.35. The Morgan fingerprint density at radius 3 is 2.77 bits per heavy atom. The van der Waals surface area contributed by atoms with Crippen molar-refractivity contribution >= 4 is 34.1 Å². The molecule has 2 unspecified atom stereocenters. The fourth-order valence-electron chi connectivity index (χ4n) is 3.80. The number of pyridine rings is 2. The van der Waals surface area contributed by atoms with Gasteiger partial charge in [-0.3, -0.25) is 9.78 Å². The predicted octanol–water partition coefficient (Wildman–Crippen LogP) is 3.03. The van der Waals surface area contributed by atoms with Crippen LogP contribution >= 0.6 is 0 Å². The molecule has 1 saturated carbocycles. The molecule has 0 spiro atoms. The first-order chi connectivity index (χ1) is 14.5. The SMILES string of the molecule is N#Cc1cc(C(N)=O)c(Nc2ccc3ncccc3c2)nc1NC1CCCCC1N. The number of nitrogens with two attached hydrogens (primary N) is 2. The zero-order chi connectivity index (χ0) is 21.1. The normalized spacial score (nSPS) is 18.5. The van der Waals surface area contributed by atoms with Gasteiger partial charge in [0.2, 0.25) is 0 Å². The van der Waals surface area contributed by atoms with E-state index >= 15 is 0 Å². The molecule has 0 aliphatic heterocycles. The zero-order valence-corrected chi connectivity index (χ0v) is 16.4. The summed E-state index contributed by atoms with van der Waals surface area (Å²) in [7, 11) is 0. The molecule has 2 heterocycles. The molecule has 30 heavy (non-hydrogen) atoms. The fraction of sp³-hybridized carbons (Fsp3) is 0.273. The number of nitrogens with zero attached hydrogens (tertiary/aromatic N) is 3. The lowest BCUT2D eigenvalue weighted by Crippen LogP contribution is -2.43.